The normalized spacial score (nSPS) is 10.7. The van der Waals surface area contributed by atoms with Gasteiger partial charge in [-0.2, -0.15) is 0 Å². The van der Waals surface area contributed by atoms with Gasteiger partial charge in [0.25, 0.3) is 0 Å². The van der Waals surface area contributed by atoms with Crippen LogP contribution in [0.1, 0.15) is 10.4 Å². The third-order valence-corrected chi connectivity index (χ3v) is 4.98. The van der Waals surface area contributed by atoms with Gasteiger partial charge >= 0.3 is 0 Å². The molecule has 7 heteroatoms. The molecule has 0 spiro atoms. The predicted octanol–water partition coefficient (Wildman–Crippen LogP) is 3.68. The van der Waals surface area contributed by atoms with Gasteiger partial charge in [-0.05, 0) is 25.5 Å². The van der Waals surface area contributed by atoms with Crippen molar-refractivity contribution in [1.29, 1.82) is 0 Å². The van der Waals surface area contributed by atoms with Gasteiger partial charge in [-0.3, -0.25) is 9.36 Å². The molecule has 1 N–H and O–H groups in total. The van der Waals surface area contributed by atoms with E-state index in [0.29, 0.717) is 10.9 Å². The summed E-state index contributed by atoms with van der Waals surface area (Å²) in [5, 5.41) is 4.24. The molecule has 2 heterocycles. The maximum absolute atomic E-state index is 12.0. The average Bonchev–Trinajstić information content (AvgIpc) is 3.15. The molecule has 0 aliphatic rings. The van der Waals surface area contributed by atoms with Crippen molar-refractivity contribution in [1.82, 2.24) is 14.5 Å². The first-order valence-electron chi connectivity index (χ1n) is 7.08. The lowest BCUT2D eigenvalue weighted by molar-refractivity contribution is -0.113. The lowest BCUT2D eigenvalue weighted by Crippen LogP contribution is -2.14. The van der Waals surface area contributed by atoms with Crippen LogP contribution in [0.15, 0.2) is 48.0 Å². The second-order valence-corrected chi connectivity index (χ2v) is 7.16. The summed E-state index contributed by atoms with van der Waals surface area (Å²) in [5.74, 6) is 0.213. The Morgan fingerprint density at radius 1 is 1.30 bits per heavy atom. The number of aryl methyl sites for hydroxylation is 2. The van der Waals surface area contributed by atoms with E-state index in [2.05, 4.69) is 28.3 Å². The van der Waals surface area contributed by atoms with Gasteiger partial charge in [0.15, 0.2) is 10.3 Å². The number of thioether (sulfide) groups is 1. The van der Waals surface area contributed by atoms with Crippen LogP contribution < -0.4 is 5.32 Å². The Bertz CT molecular complexity index is 825. The van der Waals surface area contributed by atoms with E-state index in [1.165, 1.54) is 23.1 Å². The summed E-state index contributed by atoms with van der Waals surface area (Å²) < 4.78 is 2.00. The summed E-state index contributed by atoms with van der Waals surface area (Å²) in [4.78, 5) is 21.6. The molecule has 0 atom stereocenters. The molecular formula is C16H16N4OS2. The van der Waals surface area contributed by atoms with Gasteiger partial charge in [0.2, 0.25) is 5.91 Å². The molecule has 1 aromatic carbocycles. The minimum absolute atomic E-state index is 0.0799. The maximum atomic E-state index is 12.0. The predicted molar refractivity (Wildman–Crippen MR) is 94.5 cm³/mol. The van der Waals surface area contributed by atoms with Gasteiger partial charge in [0, 0.05) is 23.5 Å². The molecular weight excluding hydrogens is 328 g/mol. The summed E-state index contributed by atoms with van der Waals surface area (Å²) in [6, 6.07) is 8.10. The first-order chi connectivity index (χ1) is 11.1. The van der Waals surface area contributed by atoms with Crippen LogP contribution in [-0.2, 0) is 4.79 Å². The van der Waals surface area contributed by atoms with E-state index in [1.807, 2.05) is 35.9 Å². The number of nitrogens with one attached hydrogen (secondary N) is 1. The molecule has 0 fully saturated rings. The highest BCUT2D eigenvalue weighted by Crippen LogP contribution is 2.23. The Morgan fingerprint density at radius 3 is 2.87 bits per heavy atom. The second kappa shape index (κ2) is 6.97. The lowest BCUT2D eigenvalue weighted by Gasteiger charge is -2.10. The second-order valence-electron chi connectivity index (χ2n) is 4.98. The van der Waals surface area contributed by atoms with Crippen LogP contribution in [-0.4, -0.2) is 26.2 Å². The van der Waals surface area contributed by atoms with Crippen molar-refractivity contribution in [3.8, 4) is 5.69 Å². The summed E-state index contributed by atoms with van der Waals surface area (Å²) in [7, 11) is 0. The standard InChI is InChI=1S/C16H16N4OS2/c1-11-5-3-4-6-13(11)20-8-7-17-16(20)22-10-14(21)19-15-18-9-12(2)23-15/h3-9H,10H2,1-2H3,(H,18,19,21). The van der Waals surface area contributed by atoms with Crippen molar-refractivity contribution in [3.63, 3.8) is 0 Å². The molecule has 0 radical (unpaired) electrons. The van der Waals surface area contributed by atoms with Crippen LogP contribution in [0.3, 0.4) is 0 Å². The lowest BCUT2D eigenvalue weighted by atomic mass is 10.2. The van der Waals surface area contributed by atoms with E-state index in [-0.39, 0.29) is 5.91 Å². The van der Waals surface area contributed by atoms with Crippen LogP contribution in [0, 0.1) is 13.8 Å². The summed E-state index contributed by atoms with van der Waals surface area (Å²) in [5.41, 5.74) is 2.23. The first kappa shape index (κ1) is 15.8. The number of amides is 1. The number of thiazole rings is 1. The van der Waals surface area contributed by atoms with Crippen molar-refractivity contribution >= 4 is 34.1 Å². The molecule has 23 heavy (non-hydrogen) atoms. The molecule has 2 aromatic heterocycles. The van der Waals surface area contributed by atoms with Gasteiger partial charge in [0.05, 0.1) is 11.4 Å². The highest BCUT2D eigenvalue weighted by atomic mass is 32.2. The number of anilines is 1. The fourth-order valence-electron chi connectivity index (χ4n) is 2.11. The Balaban J connectivity index is 1.66. The zero-order valence-corrected chi connectivity index (χ0v) is 14.4. The summed E-state index contributed by atoms with van der Waals surface area (Å²) in [6.07, 6.45) is 5.40. The number of hydrogen-bond acceptors (Lipinski definition) is 5. The number of imidazole rings is 1. The van der Waals surface area contributed by atoms with Crippen molar-refractivity contribution in [2.75, 3.05) is 11.1 Å². The molecule has 5 nitrogen and oxygen atoms in total. The SMILES string of the molecule is Cc1cnc(NC(=O)CSc2nccn2-c2ccccc2C)s1. The number of hydrogen-bond donors (Lipinski definition) is 1. The van der Waals surface area contributed by atoms with Crippen LogP contribution in [0.5, 0.6) is 0 Å². The number of carbonyl (C=O) groups excluding carboxylic acids is 1. The maximum Gasteiger partial charge on any atom is 0.236 e. The zero-order chi connectivity index (χ0) is 16.2. The third kappa shape index (κ3) is 3.80. The van der Waals surface area contributed by atoms with Crippen molar-refractivity contribution in [2.24, 2.45) is 0 Å². The number of aromatic nitrogens is 3. The topological polar surface area (TPSA) is 59.8 Å². The molecule has 0 saturated carbocycles. The van der Waals surface area contributed by atoms with Gasteiger partial charge in [-0.1, -0.05) is 30.0 Å². The number of rotatable bonds is 5. The van der Waals surface area contributed by atoms with Crippen LogP contribution in [0.4, 0.5) is 5.13 Å². The Labute approximate surface area is 142 Å². The molecule has 0 aliphatic carbocycles. The summed E-state index contributed by atoms with van der Waals surface area (Å²) in [6.45, 7) is 4.02. The average molecular weight is 344 g/mol. The largest absolute Gasteiger partial charge is 0.301 e. The van der Waals surface area contributed by atoms with Crippen LogP contribution >= 0.6 is 23.1 Å². The number of nitrogens with zero attached hydrogens (tertiary/aromatic N) is 3. The first-order valence-corrected chi connectivity index (χ1v) is 8.88. The Kier molecular flexibility index (Phi) is 4.78. The molecule has 3 rings (SSSR count). The number of carbonyl (C=O) groups is 1. The van der Waals surface area contributed by atoms with E-state index >= 15 is 0 Å². The van der Waals surface area contributed by atoms with Crippen molar-refractivity contribution in [2.45, 2.75) is 19.0 Å². The van der Waals surface area contributed by atoms with E-state index in [1.54, 1.807) is 12.4 Å². The fourth-order valence-corrected chi connectivity index (χ4v) is 3.56. The van der Waals surface area contributed by atoms with Gasteiger partial charge in [0.1, 0.15) is 0 Å². The molecule has 118 valence electrons. The van der Waals surface area contributed by atoms with E-state index in [4.69, 9.17) is 0 Å². The van der Waals surface area contributed by atoms with Gasteiger partial charge in [-0.25, -0.2) is 9.97 Å². The van der Waals surface area contributed by atoms with Crippen molar-refractivity contribution < 1.29 is 4.79 Å². The van der Waals surface area contributed by atoms with E-state index in [9.17, 15) is 4.79 Å². The van der Waals surface area contributed by atoms with E-state index < -0.39 is 0 Å². The van der Waals surface area contributed by atoms with Gasteiger partial charge < -0.3 is 5.32 Å². The highest BCUT2D eigenvalue weighted by molar-refractivity contribution is 7.99. The summed E-state index contributed by atoms with van der Waals surface area (Å²) >= 11 is 2.88. The monoisotopic (exact) mass is 344 g/mol. The van der Waals surface area contributed by atoms with Crippen LogP contribution in [0.2, 0.25) is 0 Å². The number of para-hydroxylation sites is 1. The van der Waals surface area contributed by atoms with Crippen LogP contribution in [0.25, 0.3) is 5.69 Å². The molecule has 0 unspecified atom stereocenters. The van der Waals surface area contributed by atoms with E-state index in [0.717, 1.165) is 21.3 Å². The third-order valence-electron chi connectivity index (χ3n) is 3.18. The highest BCUT2D eigenvalue weighted by Gasteiger charge is 2.11. The molecule has 0 bridgehead atoms. The molecule has 0 saturated heterocycles. The Morgan fingerprint density at radius 2 is 2.13 bits per heavy atom. The van der Waals surface area contributed by atoms with Crippen molar-refractivity contribution in [3.05, 3.63) is 53.3 Å². The minimum Gasteiger partial charge on any atom is -0.301 e. The minimum atomic E-state index is -0.0799. The molecule has 0 aliphatic heterocycles. The zero-order valence-electron chi connectivity index (χ0n) is 12.8. The van der Waals surface area contributed by atoms with Gasteiger partial charge in [-0.15, -0.1) is 11.3 Å². The number of benzene rings is 1. The fraction of sp³-hybridized carbons (Fsp3) is 0.188. The Hall–Kier alpha value is -2.12. The smallest absolute Gasteiger partial charge is 0.236 e. The molecule has 3 aromatic rings. The molecule has 1 amide bonds. The quantitative estimate of drug-likeness (QED) is 0.717.